The molecule has 0 amide bonds. The van der Waals surface area contributed by atoms with Crippen LogP contribution >= 0.6 is 15.9 Å². The van der Waals surface area contributed by atoms with Crippen molar-refractivity contribution in [3.05, 3.63) is 61.2 Å². The SMILES string of the molecule is Cc1ccc(C(=O)Cn2c(C)c(Br)c(C)nc2=O)c(C)c1. The number of aromatic nitrogens is 2. The summed E-state index contributed by atoms with van der Waals surface area (Å²) in [7, 11) is 0. The first-order valence-electron chi connectivity index (χ1n) is 6.65. The molecule has 1 heterocycles. The lowest BCUT2D eigenvalue weighted by Gasteiger charge is -2.12. The minimum atomic E-state index is -0.397. The lowest BCUT2D eigenvalue weighted by Crippen LogP contribution is -2.29. The molecule has 0 aliphatic rings. The standard InChI is InChI=1S/C16H17BrN2O2/c1-9-5-6-13(10(2)7-9)14(20)8-19-12(4)15(17)11(3)18-16(19)21/h5-7H,8H2,1-4H3. The largest absolute Gasteiger partial charge is 0.348 e. The van der Waals surface area contributed by atoms with E-state index in [1.165, 1.54) is 4.57 Å². The first-order chi connectivity index (χ1) is 9.81. The Labute approximate surface area is 132 Å². The van der Waals surface area contributed by atoms with Gasteiger partial charge in [0.15, 0.2) is 5.78 Å². The molecule has 0 radical (unpaired) electrons. The molecule has 0 N–H and O–H groups in total. The highest BCUT2D eigenvalue weighted by atomic mass is 79.9. The van der Waals surface area contributed by atoms with Crippen molar-refractivity contribution in [3.63, 3.8) is 0 Å². The number of carbonyl (C=O) groups excluding carboxylic acids is 1. The summed E-state index contributed by atoms with van der Waals surface area (Å²) in [6, 6.07) is 5.68. The molecule has 0 saturated heterocycles. The van der Waals surface area contributed by atoms with Crippen molar-refractivity contribution in [2.24, 2.45) is 0 Å². The van der Waals surface area contributed by atoms with Gasteiger partial charge < -0.3 is 0 Å². The van der Waals surface area contributed by atoms with Gasteiger partial charge in [0.1, 0.15) is 0 Å². The summed E-state index contributed by atoms with van der Waals surface area (Å²) in [5.74, 6) is -0.0877. The quantitative estimate of drug-likeness (QED) is 0.800. The first kappa shape index (κ1) is 15.6. The van der Waals surface area contributed by atoms with Gasteiger partial charge in [-0.05, 0) is 49.2 Å². The van der Waals surface area contributed by atoms with Gasteiger partial charge >= 0.3 is 5.69 Å². The fourth-order valence-corrected chi connectivity index (χ4v) is 2.62. The van der Waals surface area contributed by atoms with E-state index in [1.807, 2.05) is 32.0 Å². The molecule has 0 unspecified atom stereocenters. The Hall–Kier alpha value is -1.75. The molecule has 0 fully saturated rings. The van der Waals surface area contributed by atoms with Crippen molar-refractivity contribution in [1.29, 1.82) is 0 Å². The second-order valence-electron chi connectivity index (χ2n) is 5.21. The van der Waals surface area contributed by atoms with Crippen LogP contribution in [0.3, 0.4) is 0 Å². The summed E-state index contributed by atoms with van der Waals surface area (Å²) in [6.07, 6.45) is 0. The van der Waals surface area contributed by atoms with Crippen LogP contribution in [0.4, 0.5) is 0 Å². The smallest absolute Gasteiger partial charge is 0.292 e. The molecular formula is C16H17BrN2O2. The van der Waals surface area contributed by atoms with E-state index in [4.69, 9.17) is 0 Å². The van der Waals surface area contributed by atoms with Crippen LogP contribution in [0.5, 0.6) is 0 Å². The third kappa shape index (κ3) is 3.13. The Morgan fingerprint density at radius 1 is 1.24 bits per heavy atom. The van der Waals surface area contributed by atoms with E-state index < -0.39 is 5.69 Å². The Morgan fingerprint density at radius 3 is 2.52 bits per heavy atom. The van der Waals surface area contributed by atoms with Gasteiger partial charge in [0.25, 0.3) is 0 Å². The highest BCUT2D eigenvalue weighted by Gasteiger charge is 2.15. The maximum absolute atomic E-state index is 12.4. The fraction of sp³-hybridized carbons (Fsp3) is 0.312. The van der Waals surface area contributed by atoms with Gasteiger partial charge in [-0.2, -0.15) is 4.98 Å². The van der Waals surface area contributed by atoms with Crippen molar-refractivity contribution >= 4 is 21.7 Å². The minimum absolute atomic E-state index is 0.000444. The highest BCUT2D eigenvalue weighted by molar-refractivity contribution is 9.10. The van der Waals surface area contributed by atoms with E-state index in [2.05, 4.69) is 20.9 Å². The van der Waals surface area contributed by atoms with Crippen LogP contribution in [-0.2, 0) is 6.54 Å². The van der Waals surface area contributed by atoms with Gasteiger partial charge in [-0.1, -0.05) is 23.8 Å². The Bertz CT molecular complexity index is 779. The molecule has 4 nitrogen and oxygen atoms in total. The van der Waals surface area contributed by atoms with Crippen LogP contribution < -0.4 is 5.69 Å². The maximum Gasteiger partial charge on any atom is 0.348 e. The number of hydrogen-bond donors (Lipinski definition) is 0. The summed E-state index contributed by atoms with van der Waals surface area (Å²) < 4.78 is 2.16. The van der Waals surface area contributed by atoms with Crippen molar-refractivity contribution in [2.75, 3.05) is 0 Å². The van der Waals surface area contributed by atoms with Gasteiger partial charge in [-0.3, -0.25) is 9.36 Å². The molecule has 5 heteroatoms. The predicted molar refractivity (Wildman–Crippen MR) is 85.9 cm³/mol. The van der Waals surface area contributed by atoms with E-state index in [1.54, 1.807) is 13.8 Å². The molecule has 2 aromatic rings. The molecule has 2 rings (SSSR count). The molecule has 0 spiro atoms. The van der Waals surface area contributed by atoms with Gasteiger partial charge in [0.05, 0.1) is 16.7 Å². The lowest BCUT2D eigenvalue weighted by atomic mass is 10.0. The number of carbonyl (C=O) groups is 1. The zero-order chi connectivity index (χ0) is 15.7. The number of halogens is 1. The van der Waals surface area contributed by atoms with E-state index in [-0.39, 0.29) is 12.3 Å². The fourth-order valence-electron chi connectivity index (χ4n) is 2.32. The van der Waals surface area contributed by atoms with Gasteiger partial charge in [0, 0.05) is 11.3 Å². The van der Waals surface area contributed by atoms with Gasteiger partial charge in [-0.25, -0.2) is 4.79 Å². The van der Waals surface area contributed by atoms with Crippen LogP contribution in [0.2, 0.25) is 0 Å². The summed E-state index contributed by atoms with van der Waals surface area (Å²) in [5, 5.41) is 0. The van der Waals surface area contributed by atoms with E-state index >= 15 is 0 Å². The number of rotatable bonds is 3. The number of ketones is 1. The molecule has 1 aromatic heterocycles. The third-order valence-electron chi connectivity index (χ3n) is 3.52. The average Bonchev–Trinajstić information content (AvgIpc) is 2.41. The zero-order valence-electron chi connectivity index (χ0n) is 12.5. The van der Waals surface area contributed by atoms with Crippen LogP contribution in [0, 0.1) is 27.7 Å². The van der Waals surface area contributed by atoms with Gasteiger partial charge in [-0.15, -0.1) is 0 Å². The lowest BCUT2D eigenvalue weighted by molar-refractivity contribution is 0.0968. The van der Waals surface area contributed by atoms with Crippen LogP contribution in [0.15, 0.2) is 27.5 Å². The Balaban J connectivity index is 2.41. The van der Waals surface area contributed by atoms with Crippen LogP contribution in [-0.4, -0.2) is 15.3 Å². The molecule has 0 bridgehead atoms. The average molecular weight is 349 g/mol. The Kier molecular flexibility index (Phi) is 4.42. The van der Waals surface area contributed by atoms with Crippen molar-refractivity contribution in [2.45, 2.75) is 34.2 Å². The molecule has 110 valence electrons. The van der Waals surface area contributed by atoms with Gasteiger partial charge in [0.2, 0.25) is 0 Å². The first-order valence-corrected chi connectivity index (χ1v) is 7.44. The van der Waals surface area contributed by atoms with Crippen molar-refractivity contribution in [3.8, 4) is 0 Å². The maximum atomic E-state index is 12.4. The second-order valence-corrected chi connectivity index (χ2v) is 6.00. The normalized spacial score (nSPS) is 10.7. The summed E-state index contributed by atoms with van der Waals surface area (Å²) in [5.41, 5.74) is 3.62. The highest BCUT2D eigenvalue weighted by Crippen LogP contribution is 2.18. The monoisotopic (exact) mass is 348 g/mol. The number of benzene rings is 1. The zero-order valence-corrected chi connectivity index (χ0v) is 14.1. The van der Waals surface area contributed by atoms with E-state index in [0.717, 1.165) is 15.6 Å². The third-order valence-corrected chi connectivity index (χ3v) is 4.67. The number of Topliss-reactive ketones (excluding diaryl/α,β-unsaturated/α-hetero) is 1. The molecule has 1 aromatic carbocycles. The number of aryl methyl sites for hydroxylation is 3. The van der Waals surface area contributed by atoms with Crippen LogP contribution in [0.25, 0.3) is 0 Å². The summed E-state index contributed by atoms with van der Waals surface area (Å²) in [6.45, 7) is 7.45. The predicted octanol–water partition coefficient (Wildman–Crippen LogP) is 3.12. The van der Waals surface area contributed by atoms with Crippen molar-refractivity contribution in [1.82, 2.24) is 9.55 Å². The molecule has 0 saturated carbocycles. The van der Waals surface area contributed by atoms with E-state index in [0.29, 0.717) is 17.0 Å². The molecule has 0 aliphatic heterocycles. The molecular weight excluding hydrogens is 332 g/mol. The summed E-state index contributed by atoms with van der Waals surface area (Å²) in [4.78, 5) is 28.4. The molecule has 0 aliphatic carbocycles. The van der Waals surface area contributed by atoms with Crippen molar-refractivity contribution < 1.29 is 4.79 Å². The number of hydrogen-bond acceptors (Lipinski definition) is 3. The van der Waals surface area contributed by atoms with E-state index in [9.17, 15) is 9.59 Å². The minimum Gasteiger partial charge on any atom is -0.292 e. The summed E-state index contributed by atoms with van der Waals surface area (Å²) >= 11 is 3.40. The molecule has 21 heavy (non-hydrogen) atoms. The van der Waals surface area contributed by atoms with Crippen LogP contribution in [0.1, 0.15) is 32.9 Å². The molecule has 0 atom stereocenters. The number of nitrogens with zero attached hydrogens (tertiary/aromatic N) is 2. The second kappa shape index (κ2) is 5.93. The Morgan fingerprint density at radius 2 is 1.90 bits per heavy atom. The topological polar surface area (TPSA) is 52.0 Å².